The van der Waals surface area contributed by atoms with Crippen LogP contribution in [0.3, 0.4) is 0 Å². The summed E-state index contributed by atoms with van der Waals surface area (Å²) in [4.78, 5) is 0. The van der Waals surface area contributed by atoms with Gasteiger partial charge in [0.05, 0.1) is 18.5 Å². The van der Waals surface area contributed by atoms with Crippen LogP contribution in [0.2, 0.25) is 0 Å². The first-order valence-corrected chi connectivity index (χ1v) is 6.66. The molecule has 0 saturated carbocycles. The van der Waals surface area contributed by atoms with Crippen molar-refractivity contribution in [2.24, 2.45) is 0 Å². The lowest BCUT2D eigenvalue weighted by Crippen LogP contribution is -2.21. The van der Waals surface area contributed by atoms with Crippen molar-refractivity contribution in [2.75, 3.05) is 31.0 Å². The van der Waals surface area contributed by atoms with Crippen LogP contribution in [0.4, 0.5) is 11.4 Å². The molecule has 0 heterocycles. The molecule has 1 aromatic carbocycles. The van der Waals surface area contributed by atoms with Crippen LogP contribution in [0.5, 0.6) is 5.75 Å². The maximum atomic E-state index is 11.2. The molecule has 0 aliphatic rings. The molecule has 0 radical (unpaired) electrons. The van der Waals surface area contributed by atoms with Gasteiger partial charge in [-0.1, -0.05) is 0 Å². The monoisotopic (exact) mass is 242 g/mol. The van der Waals surface area contributed by atoms with E-state index in [0.29, 0.717) is 12.2 Å². The lowest BCUT2D eigenvalue weighted by molar-refractivity contribution is 0.415. The molecule has 2 atom stereocenters. The van der Waals surface area contributed by atoms with Crippen LogP contribution in [0.15, 0.2) is 18.2 Å². The van der Waals surface area contributed by atoms with Crippen molar-refractivity contribution in [3.63, 3.8) is 0 Å². The van der Waals surface area contributed by atoms with Crippen molar-refractivity contribution in [2.45, 2.75) is 12.2 Å². The van der Waals surface area contributed by atoms with Crippen molar-refractivity contribution in [3.05, 3.63) is 18.2 Å². The van der Waals surface area contributed by atoms with Gasteiger partial charge in [-0.15, -0.1) is 0 Å². The summed E-state index contributed by atoms with van der Waals surface area (Å²) in [5, 5.41) is 3.27. The third-order valence-corrected chi connectivity index (χ3v) is 3.71. The number of nitrogens with one attached hydrogen (secondary N) is 1. The highest BCUT2D eigenvalue weighted by molar-refractivity contribution is 7.84. The molecular formula is C11H18N2O2S. The number of rotatable bonds is 5. The summed E-state index contributed by atoms with van der Waals surface area (Å²) in [5.74, 6) is 0.732. The second kappa shape index (κ2) is 5.75. The van der Waals surface area contributed by atoms with Crippen molar-refractivity contribution in [1.82, 2.24) is 0 Å². The Balaban J connectivity index is 2.64. The summed E-state index contributed by atoms with van der Waals surface area (Å²) in [6.07, 6.45) is 1.70. The first kappa shape index (κ1) is 12.8. The minimum atomic E-state index is -0.825. The predicted octanol–water partition coefficient (Wildman–Crippen LogP) is 1.46. The average molecular weight is 242 g/mol. The van der Waals surface area contributed by atoms with E-state index in [1.165, 1.54) is 0 Å². The molecule has 3 N–H and O–H groups in total. The van der Waals surface area contributed by atoms with Crippen molar-refractivity contribution in [1.29, 1.82) is 0 Å². The standard InChI is InChI=1S/C11H18N2O2S/c1-8(16(3)14)7-13-11-5-4-9(15-2)6-10(11)12/h4-6,8,13H,7,12H2,1-3H3. The van der Waals surface area contributed by atoms with E-state index in [0.717, 1.165) is 11.4 Å². The Labute approximate surface area is 98.6 Å². The maximum Gasteiger partial charge on any atom is 0.121 e. The lowest BCUT2D eigenvalue weighted by Gasteiger charge is -2.13. The molecule has 0 aliphatic carbocycles. The predicted molar refractivity (Wildman–Crippen MR) is 69.4 cm³/mol. The SMILES string of the molecule is COc1ccc(NCC(C)S(C)=O)c(N)c1. The van der Waals surface area contributed by atoms with E-state index < -0.39 is 10.8 Å². The number of benzene rings is 1. The Kier molecular flexibility index (Phi) is 4.61. The van der Waals surface area contributed by atoms with E-state index in [4.69, 9.17) is 10.5 Å². The summed E-state index contributed by atoms with van der Waals surface area (Å²) < 4.78 is 16.2. The molecule has 1 aromatic rings. The van der Waals surface area contributed by atoms with Gasteiger partial charge < -0.3 is 15.8 Å². The molecule has 1 rings (SSSR count). The van der Waals surface area contributed by atoms with E-state index in [1.54, 1.807) is 19.4 Å². The molecule has 0 bridgehead atoms. The summed E-state index contributed by atoms with van der Waals surface area (Å²) >= 11 is 0. The topological polar surface area (TPSA) is 64.3 Å². The zero-order valence-electron chi connectivity index (χ0n) is 9.82. The molecule has 0 aliphatic heterocycles. The highest BCUT2D eigenvalue weighted by Crippen LogP contribution is 2.23. The van der Waals surface area contributed by atoms with Crippen LogP contribution in [0.25, 0.3) is 0 Å². The normalized spacial score (nSPS) is 14.2. The smallest absolute Gasteiger partial charge is 0.121 e. The summed E-state index contributed by atoms with van der Waals surface area (Å²) in [7, 11) is 0.777. The molecule has 0 saturated heterocycles. The minimum Gasteiger partial charge on any atom is -0.497 e. The lowest BCUT2D eigenvalue weighted by atomic mass is 10.2. The van der Waals surface area contributed by atoms with Crippen LogP contribution < -0.4 is 15.8 Å². The number of anilines is 2. The Hall–Kier alpha value is -1.23. The fraction of sp³-hybridized carbons (Fsp3) is 0.455. The van der Waals surface area contributed by atoms with Gasteiger partial charge in [0.1, 0.15) is 5.75 Å². The molecule has 5 heteroatoms. The van der Waals surface area contributed by atoms with Gasteiger partial charge in [0.15, 0.2) is 0 Å². The average Bonchev–Trinajstić information content (AvgIpc) is 2.26. The Morgan fingerprint density at radius 1 is 1.56 bits per heavy atom. The molecular weight excluding hydrogens is 224 g/mol. The molecule has 0 spiro atoms. The van der Waals surface area contributed by atoms with Crippen LogP contribution in [-0.2, 0) is 10.8 Å². The van der Waals surface area contributed by atoms with Crippen molar-refractivity contribution in [3.8, 4) is 5.75 Å². The largest absolute Gasteiger partial charge is 0.497 e. The second-order valence-corrected chi connectivity index (χ2v) is 5.45. The van der Waals surface area contributed by atoms with Gasteiger partial charge in [0.25, 0.3) is 0 Å². The quantitative estimate of drug-likeness (QED) is 0.767. The zero-order valence-corrected chi connectivity index (χ0v) is 10.6. The third kappa shape index (κ3) is 3.41. The Morgan fingerprint density at radius 2 is 2.25 bits per heavy atom. The molecule has 4 nitrogen and oxygen atoms in total. The van der Waals surface area contributed by atoms with Crippen LogP contribution in [-0.4, -0.2) is 29.4 Å². The van der Waals surface area contributed by atoms with Crippen LogP contribution in [0, 0.1) is 0 Å². The van der Waals surface area contributed by atoms with Crippen LogP contribution >= 0.6 is 0 Å². The summed E-state index contributed by atoms with van der Waals surface area (Å²) in [6.45, 7) is 2.57. The fourth-order valence-corrected chi connectivity index (χ4v) is 1.52. The van der Waals surface area contributed by atoms with E-state index in [-0.39, 0.29) is 5.25 Å². The van der Waals surface area contributed by atoms with Gasteiger partial charge in [-0.05, 0) is 19.1 Å². The molecule has 0 fully saturated rings. The van der Waals surface area contributed by atoms with Crippen molar-refractivity contribution < 1.29 is 8.95 Å². The molecule has 0 aromatic heterocycles. The minimum absolute atomic E-state index is 0.0986. The van der Waals surface area contributed by atoms with Gasteiger partial charge in [0, 0.05) is 34.9 Å². The van der Waals surface area contributed by atoms with Crippen LogP contribution in [0.1, 0.15) is 6.92 Å². The first-order chi connectivity index (χ1) is 7.54. The van der Waals surface area contributed by atoms with Gasteiger partial charge >= 0.3 is 0 Å². The number of methoxy groups -OCH3 is 1. The zero-order chi connectivity index (χ0) is 12.1. The van der Waals surface area contributed by atoms with E-state index in [2.05, 4.69) is 5.32 Å². The number of hydrogen-bond acceptors (Lipinski definition) is 4. The van der Waals surface area contributed by atoms with Gasteiger partial charge in [0.2, 0.25) is 0 Å². The van der Waals surface area contributed by atoms with E-state index in [1.807, 2.05) is 19.1 Å². The molecule has 16 heavy (non-hydrogen) atoms. The summed E-state index contributed by atoms with van der Waals surface area (Å²) in [6, 6.07) is 5.46. The number of hydrogen-bond donors (Lipinski definition) is 2. The number of nitrogens with two attached hydrogens (primary N) is 1. The third-order valence-electron chi connectivity index (χ3n) is 2.41. The highest BCUT2D eigenvalue weighted by atomic mass is 32.2. The maximum absolute atomic E-state index is 11.2. The fourth-order valence-electron chi connectivity index (χ4n) is 1.20. The molecule has 90 valence electrons. The van der Waals surface area contributed by atoms with Gasteiger partial charge in [-0.3, -0.25) is 4.21 Å². The molecule has 2 unspecified atom stereocenters. The van der Waals surface area contributed by atoms with E-state index >= 15 is 0 Å². The van der Waals surface area contributed by atoms with E-state index in [9.17, 15) is 4.21 Å². The number of nitrogen functional groups attached to an aromatic ring is 1. The van der Waals surface area contributed by atoms with Crippen molar-refractivity contribution >= 4 is 22.2 Å². The molecule has 0 amide bonds. The Morgan fingerprint density at radius 3 is 2.75 bits per heavy atom. The Bertz CT molecular complexity index is 382. The van der Waals surface area contributed by atoms with Gasteiger partial charge in [-0.25, -0.2) is 0 Å². The summed E-state index contributed by atoms with van der Waals surface area (Å²) in [5.41, 5.74) is 7.32. The second-order valence-electron chi connectivity index (χ2n) is 3.64. The highest BCUT2D eigenvalue weighted by Gasteiger charge is 2.07. The first-order valence-electron chi connectivity index (χ1n) is 5.04. The van der Waals surface area contributed by atoms with Gasteiger partial charge in [-0.2, -0.15) is 0 Å². The number of ether oxygens (including phenoxy) is 1.